The van der Waals surface area contributed by atoms with E-state index in [9.17, 15) is 4.39 Å². The van der Waals surface area contributed by atoms with Crippen molar-refractivity contribution in [3.63, 3.8) is 0 Å². The molecule has 0 bridgehead atoms. The molecule has 0 fully saturated rings. The number of benzene rings is 2. The Morgan fingerprint density at radius 3 is 2.18 bits per heavy atom. The Morgan fingerprint density at radius 1 is 0.882 bits per heavy atom. The molecule has 0 aliphatic heterocycles. The fraction of sp³-hybridized carbons (Fsp3) is 0.200. The highest BCUT2D eigenvalue weighted by atomic mass is 19.1. The molecule has 0 aromatic heterocycles. The second-order valence-corrected chi connectivity index (χ2v) is 4.05. The smallest absolute Gasteiger partial charge is 0.123 e. The van der Waals surface area contributed by atoms with Gasteiger partial charge in [0.25, 0.3) is 0 Å². The highest BCUT2D eigenvalue weighted by Crippen LogP contribution is 2.15. The monoisotopic (exact) mass is 230 g/mol. The standard InChI is InChI=1S/C15H15FO/c16-15-7-5-12(6-8-15)11-14-4-2-1-3-13(14)9-10-17/h1-8,17H,9-11H2. The van der Waals surface area contributed by atoms with Gasteiger partial charge in [-0.3, -0.25) is 0 Å². The minimum absolute atomic E-state index is 0.153. The van der Waals surface area contributed by atoms with Crippen LogP contribution in [0.5, 0.6) is 0 Å². The van der Waals surface area contributed by atoms with E-state index < -0.39 is 0 Å². The van der Waals surface area contributed by atoms with Gasteiger partial charge >= 0.3 is 0 Å². The maximum atomic E-state index is 12.8. The van der Waals surface area contributed by atoms with Gasteiger partial charge in [-0.1, -0.05) is 36.4 Å². The molecule has 2 rings (SSSR count). The molecule has 0 aliphatic carbocycles. The molecule has 1 N–H and O–H groups in total. The molecule has 17 heavy (non-hydrogen) atoms. The van der Waals surface area contributed by atoms with Crippen LogP contribution < -0.4 is 0 Å². The van der Waals surface area contributed by atoms with Gasteiger partial charge in [0, 0.05) is 6.61 Å². The van der Waals surface area contributed by atoms with Crippen LogP contribution in [0.4, 0.5) is 4.39 Å². The van der Waals surface area contributed by atoms with Crippen LogP contribution in [0.3, 0.4) is 0 Å². The molecular formula is C15H15FO. The Bertz CT molecular complexity index is 477. The van der Waals surface area contributed by atoms with Crippen LogP contribution in [0.2, 0.25) is 0 Å². The van der Waals surface area contributed by atoms with Crippen molar-refractivity contribution in [3.8, 4) is 0 Å². The van der Waals surface area contributed by atoms with E-state index in [0.717, 1.165) is 17.5 Å². The Morgan fingerprint density at radius 2 is 1.53 bits per heavy atom. The molecule has 0 heterocycles. The third-order valence-corrected chi connectivity index (χ3v) is 2.81. The predicted octanol–water partition coefficient (Wildman–Crippen LogP) is 2.95. The summed E-state index contributed by atoms with van der Waals surface area (Å²) in [5, 5.41) is 9.00. The minimum Gasteiger partial charge on any atom is -0.396 e. The van der Waals surface area contributed by atoms with Gasteiger partial charge in [0.1, 0.15) is 5.82 Å². The average molecular weight is 230 g/mol. The zero-order valence-electron chi connectivity index (χ0n) is 9.57. The largest absolute Gasteiger partial charge is 0.396 e. The number of aliphatic hydroxyl groups is 1. The van der Waals surface area contributed by atoms with Gasteiger partial charge < -0.3 is 5.11 Å². The maximum Gasteiger partial charge on any atom is 0.123 e. The van der Waals surface area contributed by atoms with Crippen molar-refractivity contribution in [2.24, 2.45) is 0 Å². The lowest BCUT2D eigenvalue weighted by atomic mass is 9.98. The molecule has 0 radical (unpaired) electrons. The van der Waals surface area contributed by atoms with Crippen molar-refractivity contribution in [1.82, 2.24) is 0 Å². The van der Waals surface area contributed by atoms with E-state index in [4.69, 9.17) is 5.11 Å². The van der Waals surface area contributed by atoms with Gasteiger partial charge in [0.2, 0.25) is 0 Å². The molecule has 2 aromatic rings. The van der Waals surface area contributed by atoms with E-state index in [0.29, 0.717) is 6.42 Å². The van der Waals surface area contributed by atoms with Crippen molar-refractivity contribution >= 4 is 0 Å². The first-order valence-corrected chi connectivity index (χ1v) is 5.71. The minimum atomic E-state index is -0.211. The summed E-state index contributed by atoms with van der Waals surface area (Å²) in [5.74, 6) is -0.211. The molecule has 0 saturated carbocycles. The molecule has 2 aromatic carbocycles. The molecule has 1 nitrogen and oxygen atoms in total. The summed E-state index contributed by atoms with van der Waals surface area (Å²) in [5.41, 5.74) is 3.42. The lowest BCUT2D eigenvalue weighted by Crippen LogP contribution is -1.98. The second kappa shape index (κ2) is 5.60. The summed E-state index contributed by atoms with van der Waals surface area (Å²) in [6.07, 6.45) is 1.44. The molecule has 0 spiro atoms. The van der Waals surface area contributed by atoms with Crippen molar-refractivity contribution in [3.05, 3.63) is 71.0 Å². The Labute approximate surface area is 101 Å². The molecule has 0 unspecified atom stereocenters. The number of aliphatic hydroxyl groups excluding tert-OH is 1. The van der Waals surface area contributed by atoms with Crippen LogP contribution in [0.15, 0.2) is 48.5 Å². The normalized spacial score (nSPS) is 10.5. The molecule has 0 saturated heterocycles. The van der Waals surface area contributed by atoms with E-state index in [-0.39, 0.29) is 12.4 Å². The Hall–Kier alpha value is -1.67. The number of rotatable bonds is 4. The summed E-state index contributed by atoms with van der Waals surface area (Å²) in [4.78, 5) is 0. The van der Waals surface area contributed by atoms with Gasteiger partial charge in [-0.2, -0.15) is 0 Å². The summed E-state index contributed by atoms with van der Waals surface area (Å²) in [6.45, 7) is 0.153. The van der Waals surface area contributed by atoms with E-state index in [1.165, 1.54) is 17.7 Å². The molecule has 0 atom stereocenters. The molecule has 88 valence electrons. The third kappa shape index (κ3) is 3.14. The number of hydrogen-bond donors (Lipinski definition) is 1. The Balaban J connectivity index is 2.20. The quantitative estimate of drug-likeness (QED) is 0.856. The summed E-state index contributed by atoms with van der Waals surface area (Å²) < 4.78 is 12.8. The zero-order chi connectivity index (χ0) is 12.1. The molecular weight excluding hydrogens is 215 g/mol. The fourth-order valence-corrected chi connectivity index (χ4v) is 1.92. The first-order valence-electron chi connectivity index (χ1n) is 5.71. The lowest BCUT2D eigenvalue weighted by Gasteiger charge is -2.08. The van der Waals surface area contributed by atoms with Gasteiger partial charge in [0.15, 0.2) is 0 Å². The van der Waals surface area contributed by atoms with Crippen LogP contribution in [-0.4, -0.2) is 11.7 Å². The lowest BCUT2D eigenvalue weighted by molar-refractivity contribution is 0.299. The van der Waals surface area contributed by atoms with Crippen molar-refractivity contribution < 1.29 is 9.50 Å². The average Bonchev–Trinajstić information content (AvgIpc) is 2.35. The summed E-state index contributed by atoms with van der Waals surface area (Å²) in [6, 6.07) is 14.6. The number of halogens is 1. The van der Waals surface area contributed by atoms with Crippen LogP contribution in [0.25, 0.3) is 0 Å². The SMILES string of the molecule is OCCc1ccccc1Cc1ccc(F)cc1. The van der Waals surface area contributed by atoms with Gasteiger partial charge in [-0.15, -0.1) is 0 Å². The maximum absolute atomic E-state index is 12.8. The van der Waals surface area contributed by atoms with E-state index in [1.807, 2.05) is 24.3 Å². The van der Waals surface area contributed by atoms with Crippen LogP contribution >= 0.6 is 0 Å². The van der Waals surface area contributed by atoms with E-state index in [1.54, 1.807) is 12.1 Å². The highest BCUT2D eigenvalue weighted by Gasteiger charge is 2.02. The van der Waals surface area contributed by atoms with Crippen molar-refractivity contribution in [2.75, 3.05) is 6.61 Å². The number of hydrogen-bond acceptors (Lipinski definition) is 1. The van der Waals surface area contributed by atoms with Gasteiger partial charge in [-0.05, 0) is 41.7 Å². The first-order chi connectivity index (χ1) is 8.29. The van der Waals surface area contributed by atoms with Gasteiger partial charge in [-0.25, -0.2) is 4.39 Å². The highest BCUT2D eigenvalue weighted by molar-refractivity contribution is 5.33. The van der Waals surface area contributed by atoms with Crippen LogP contribution in [-0.2, 0) is 12.8 Å². The predicted molar refractivity (Wildman–Crippen MR) is 66.4 cm³/mol. The first kappa shape index (κ1) is 11.8. The van der Waals surface area contributed by atoms with E-state index >= 15 is 0 Å². The second-order valence-electron chi connectivity index (χ2n) is 4.05. The van der Waals surface area contributed by atoms with Gasteiger partial charge in [0.05, 0.1) is 0 Å². The van der Waals surface area contributed by atoms with Crippen LogP contribution in [0, 0.1) is 5.82 Å². The summed E-state index contributed by atoms with van der Waals surface area (Å²) >= 11 is 0. The fourth-order valence-electron chi connectivity index (χ4n) is 1.92. The molecule has 0 amide bonds. The molecule has 0 aliphatic rings. The Kier molecular flexibility index (Phi) is 3.89. The third-order valence-electron chi connectivity index (χ3n) is 2.81. The summed E-state index contributed by atoms with van der Waals surface area (Å²) in [7, 11) is 0. The van der Waals surface area contributed by atoms with Crippen LogP contribution in [0.1, 0.15) is 16.7 Å². The van der Waals surface area contributed by atoms with Crippen molar-refractivity contribution in [1.29, 1.82) is 0 Å². The molecule has 2 heteroatoms. The van der Waals surface area contributed by atoms with E-state index in [2.05, 4.69) is 0 Å². The van der Waals surface area contributed by atoms with Crippen molar-refractivity contribution in [2.45, 2.75) is 12.8 Å². The topological polar surface area (TPSA) is 20.2 Å². The zero-order valence-corrected chi connectivity index (χ0v) is 9.57.